The number of ketones is 1. The van der Waals surface area contributed by atoms with E-state index in [4.69, 9.17) is 0 Å². The molecule has 0 aliphatic carbocycles. The fourth-order valence-corrected chi connectivity index (χ4v) is 1.04. The van der Waals surface area contributed by atoms with E-state index in [2.05, 4.69) is 5.32 Å². The maximum Gasteiger partial charge on any atom is 0.162 e. The summed E-state index contributed by atoms with van der Waals surface area (Å²) in [7, 11) is 0. The lowest BCUT2D eigenvalue weighted by molar-refractivity contribution is -0.121. The van der Waals surface area contributed by atoms with Gasteiger partial charge in [-0.2, -0.15) is 0 Å². The van der Waals surface area contributed by atoms with E-state index in [9.17, 15) is 9.18 Å². The van der Waals surface area contributed by atoms with E-state index in [1.54, 1.807) is 18.2 Å². The van der Waals surface area contributed by atoms with E-state index in [0.717, 1.165) is 0 Å². The van der Waals surface area contributed by atoms with Crippen molar-refractivity contribution in [3.8, 4) is 0 Å². The summed E-state index contributed by atoms with van der Waals surface area (Å²) < 4.78 is 13.2. The van der Waals surface area contributed by atoms with Crippen LogP contribution in [0.1, 0.15) is 20.8 Å². The predicted molar refractivity (Wildman–Crippen MR) is 63.6 cm³/mol. The summed E-state index contributed by atoms with van der Waals surface area (Å²) in [6.07, 6.45) is 2.89. The Bertz CT molecular complexity index is 405. The Morgan fingerprint density at radius 1 is 1.31 bits per heavy atom. The SMILES string of the molecule is CC(C)(C)C(=O)/C=C/Nc1ccccc1F. The Morgan fingerprint density at radius 2 is 1.94 bits per heavy atom. The topological polar surface area (TPSA) is 29.1 Å². The molecule has 0 atom stereocenters. The molecular weight excluding hydrogens is 205 g/mol. The number of anilines is 1. The number of hydrogen-bond acceptors (Lipinski definition) is 2. The Labute approximate surface area is 95.2 Å². The number of nitrogens with one attached hydrogen (secondary N) is 1. The summed E-state index contributed by atoms with van der Waals surface area (Å²) in [6.45, 7) is 5.51. The van der Waals surface area contributed by atoms with E-state index >= 15 is 0 Å². The molecule has 0 aliphatic heterocycles. The minimum Gasteiger partial charge on any atom is -0.359 e. The highest BCUT2D eigenvalue weighted by Crippen LogP contribution is 2.16. The third kappa shape index (κ3) is 3.50. The van der Waals surface area contributed by atoms with Crippen LogP contribution in [0.25, 0.3) is 0 Å². The van der Waals surface area contributed by atoms with Gasteiger partial charge < -0.3 is 5.32 Å². The van der Waals surface area contributed by atoms with E-state index < -0.39 is 5.41 Å². The lowest BCUT2D eigenvalue weighted by Crippen LogP contribution is -2.17. The van der Waals surface area contributed by atoms with Crippen molar-refractivity contribution < 1.29 is 9.18 Å². The molecule has 86 valence electrons. The van der Waals surface area contributed by atoms with Crippen LogP contribution in [0.2, 0.25) is 0 Å². The van der Waals surface area contributed by atoms with Gasteiger partial charge in [0.25, 0.3) is 0 Å². The predicted octanol–water partition coefficient (Wildman–Crippen LogP) is 3.37. The zero-order chi connectivity index (χ0) is 12.2. The summed E-state index contributed by atoms with van der Waals surface area (Å²) in [5, 5.41) is 2.74. The smallest absolute Gasteiger partial charge is 0.162 e. The highest BCUT2D eigenvalue weighted by molar-refractivity contribution is 5.94. The fourth-order valence-electron chi connectivity index (χ4n) is 1.04. The van der Waals surface area contributed by atoms with Gasteiger partial charge in [0.1, 0.15) is 5.82 Å². The molecule has 0 unspecified atom stereocenters. The lowest BCUT2D eigenvalue weighted by Gasteiger charge is -2.13. The molecule has 16 heavy (non-hydrogen) atoms. The van der Waals surface area contributed by atoms with Gasteiger partial charge in [-0.05, 0) is 18.2 Å². The molecule has 0 radical (unpaired) electrons. The van der Waals surface area contributed by atoms with Crippen molar-refractivity contribution in [1.29, 1.82) is 0 Å². The average Bonchev–Trinajstić information content (AvgIpc) is 2.19. The standard InChI is InChI=1S/C13H16FNO/c1-13(2,3)12(16)8-9-15-11-7-5-4-6-10(11)14/h4-9,15H,1-3H3/b9-8+. The van der Waals surface area contributed by atoms with Crippen molar-refractivity contribution in [2.45, 2.75) is 20.8 Å². The maximum atomic E-state index is 13.2. The van der Waals surface area contributed by atoms with Gasteiger partial charge in [-0.1, -0.05) is 32.9 Å². The summed E-state index contributed by atoms with van der Waals surface area (Å²) in [5.74, 6) is -0.341. The van der Waals surface area contributed by atoms with Crippen LogP contribution < -0.4 is 5.32 Å². The molecule has 0 amide bonds. The number of carbonyl (C=O) groups excluding carboxylic acids is 1. The van der Waals surface area contributed by atoms with Gasteiger partial charge in [0, 0.05) is 11.6 Å². The van der Waals surface area contributed by atoms with Crippen LogP contribution in [0.5, 0.6) is 0 Å². The third-order valence-corrected chi connectivity index (χ3v) is 2.09. The summed E-state index contributed by atoms with van der Waals surface area (Å²) in [6, 6.07) is 6.32. The van der Waals surface area contributed by atoms with Crippen molar-refractivity contribution >= 4 is 11.5 Å². The number of hydrogen-bond donors (Lipinski definition) is 1. The zero-order valence-corrected chi connectivity index (χ0v) is 9.75. The van der Waals surface area contributed by atoms with Gasteiger partial charge in [0.05, 0.1) is 5.69 Å². The molecule has 0 aromatic heterocycles. The largest absolute Gasteiger partial charge is 0.359 e. The van der Waals surface area contributed by atoms with Crippen molar-refractivity contribution in [3.05, 3.63) is 42.4 Å². The Morgan fingerprint density at radius 3 is 2.50 bits per heavy atom. The van der Waals surface area contributed by atoms with Crippen LogP contribution in [0.3, 0.4) is 0 Å². The number of rotatable bonds is 3. The first-order valence-electron chi connectivity index (χ1n) is 5.13. The Kier molecular flexibility index (Phi) is 3.82. The van der Waals surface area contributed by atoms with Gasteiger partial charge in [-0.3, -0.25) is 4.79 Å². The molecule has 3 heteroatoms. The Balaban J connectivity index is 2.62. The minimum absolute atomic E-state index is 0.00339. The van der Waals surface area contributed by atoms with Gasteiger partial charge in [-0.25, -0.2) is 4.39 Å². The molecule has 0 spiro atoms. The maximum absolute atomic E-state index is 13.2. The molecule has 0 saturated carbocycles. The normalized spacial score (nSPS) is 11.8. The second-order valence-corrected chi connectivity index (χ2v) is 4.57. The van der Waals surface area contributed by atoms with Gasteiger partial charge in [0.2, 0.25) is 0 Å². The second-order valence-electron chi connectivity index (χ2n) is 4.57. The van der Waals surface area contributed by atoms with Crippen LogP contribution in [0.15, 0.2) is 36.5 Å². The highest BCUT2D eigenvalue weighted by atomic mass is 19.1. The van der Waals surface area contributed by atoms with Gasteiger partial charge in [0.15, 0.2) is 5.78 Å². The number of benzene rings is 1. The summed E-state index contributed by atoms with van der Waals surface area (Å²) in [4.78, 5) is 11.5. The fraction of sp³-hybridized carbons (Fsp3) is 0.308. The first-order valence-corrected chi connectivity index (χ1v) is 5.13. The molecule has 0 bridgehead atoms. The molecule has 0 heterocycles. The number of allylic oxidation sites excluding steroid dienone is 1. The van der Waals surface area contributed by atoms with Gasteiger partial charge >= 0.3 is 0 Å². The van der Waals surface area contributed by atoms with Crippen LogP contribution in [-0.4, -0.2) is 5.78 Å². The van der Waals surface area contributed by atoms with E-state index in [-0.39, 0.29) is 11.6 Å². The van der Waals surface area contributed by atoms with Crippen LogP contribution >= 0.6 is 0 Å². The van der Waals surface area contributed by atoms with Gasteiger partial charge in [-0.15, -0.1) is 0 Å². The van der Waals surface area contributed by atoms with Crippen LogP contribution in [-0.2, 0) is 4.79 Å². The van der Waals surface area contributed by atoms with Crippen LogP contribution in [0, 0.1) is 11.2 Å². The van der Waals surface area contributed by atoms with Crippen molar-refractivity contribution in [1.82, 2.24) is 0 Å². The van der Waals surface area contributed by atoms with Crippen molar-refractivity contribution in [3.63, 3.8) is 0 Å². The summed E-state index contributed by atoms with van der Waals surface area (Å²) in [5.41, 5.74) is -0.0478. The van der Waals surface area contributed by atoms with E-state index in [0.29, 0.717) is 5.69 Å². The molecule has 0 saturated heterocycles. The number of para-hydroxylation sites is 1. The Hall–Kier alpha value is -1.64. The lowest BCUT2D eigenvalue weighted by atomic mass is 9.91. The first-order chi connectivity index (χ1) is 7.41. The molecular formula is C13H16FNO. The monoisotopic (exact) mass is 221 g/mol. The quantitative estimate of drug-likeness (QED) is 0.793. The van der Waals surface area contributed by atoms with Crippen molar-refractivity contribution in [2.75, 3.05) is 5.32 Å². The third-order valence-electron chi connectivity index (χ3n) is 2.09. The van der Waals surface area contributed by atoms with E-state index in [1.807, 2.05) is 20.8 Å². The molecule has 1 rings (SSSR count). The van der Waals surface area contributed by atoms with Crippen LogP contribution in [0.4, 0.5) is 10.1 Å². The minimum atomic E-state index is -0.409. The second kappa shape index (κ2) is 4.92. The average molecular weight is 221 g/mol. The molecule has 0 fully saturated rings. The van der Waals surface area contributed by atoms with E-state index in [1.165, 1.54) is 18.3 Å². The highest BCUT2D eigenvalue weighted by Gasteiger charge is 2.17. The zero-order valence-electron chi connectivity index (χ0n) is 9.75. The first kappa shape index (κ1) is 12.4. The van der Waals surface area contributed by atoms with Crippen molar-refractivity contribution in [2.24, 2.45) is 5.41 Å². The molecule has 1 aromatic carbocycles. The molecule has 1 aromatic rings. The number of halogens is 1. The summed E-state index contributed by atoms with van der Waals surface area (Å²) >= 11 is 0. The molecule has 1 N–H and O–H groups in total. The number of carbonyl (C=O) groups is 1. The molecule has 2 nitrogen and oxygen atoms in total. The molecule has 0 aliphatic rings.